The molecular formula is C72H136O6. The molecule has 0 aliphatic carbocycles. The standard InChI is InChI=1S/C72H136O6/c1-4-7-10-13-15-17-19-21-23-25-27-29-31-33-34-35-36-37-39-40-42-44-46-48-50-52-54-56-59-62-65-71(74)77-68-69(67-76-70(73)64-61-58-12-9-6-3)78-72(75)66-63-60-57-55-53-51-49-47-45-43-41-38-32-30-28-26-24-22-20-18-16-14-11-8-5-2/h20,22,26,28,69H,4-19,21,23-25,27,29-68H2,1-3H3/b22-20-,28-26-. The largest absolute Gasteiger partial charge is 0.462 e. The van der Waals surface area contributed by atoms with Crippen molar-refractivity contribution in [2.24, 2.45) is 0 Å². The Morgan fingerprint density at radius 2 is 0.462 bits per heavy atom. The van der Waals surface area contributed by atoms with Gasteiger partial charge >= 0.3 is 17.9 Å². The Kier molecular flexibility index (Phi) is 65.6. The van der Waals surface area contributed by atoms with Gasteiger partial charge in [0.25, 0.3) is 0 Å². The summed E-state index contributed by atoms with van der Waals surface area (Å²) in [5, 5.41) is 0. The van der Waals surface area contributed by atoms with Crippen LogP contribution in [0, 0.1) is 0 Å². The summed E-state index contributed by atoms with van der Waals surface area (Å²) in [6.45, 7) is 6.62. The van der Waals surface area contributed by atoms with Gasteiger partial charge in [-0.05, 0) is 51.4 Å². The first-order valence-corrected chi connectivity index (χ1v) is 35.3. The van der Waals surface area contributed by atoms with Crippen LogP contribution < -0.4 is 0 Å². The first-order valence-electron chi connectivity index (χ1n) is 35.3. The van der Waals surface area contributed by atoms with E-state index in [1.807, 2.05) is 0 Å². The van der Waals surface area contributed by atoms with Gasteiger partial charge in [0, 0.05) is 19.3 Å². The number of rotatable bonds is 66. The number of ether oxygens (including phenoxy) is 3. The molecule has 0 aliphatic rings. The van der Waals surface area contributed by atoms with Crippen molar-refractivity contribution in [1.29, 1.82) is 0 Å². The van der Waals surface area contributed by atoms with E-state index in [0.717, 1.165) is 70.6 Å². The number of esters is 3. The summed E-state index contributed by atoms with van der Waals surface area (Å²) in [5.41, 5.74) is 0. The van der Waals surface area contributed by atoms with Gasteiger partial charge in [0.05, 0.1) is 0 Å². The van der Waals surface area contributed by atoms with Crippen molar-refractivity contribution < 1.29 is 28.6 Å². The average Bonchev–Trinajstić information content (AvgIpc) is 3.44. The molecule has 0 bridgehead atoms. The fourth-order valence-corrected chi connectivity index (χ4v) is 10.9. The average molecular weight is 1100 g/mol. The molecule has 0 aromatic carbocycles. The second-order valence-corrected chi connectivity index (χ2v) is 24.2. The van der Waals surface area contributed by atoms with Crippen LogP contribution in [-0.2, 0) is 28.6 Å². The van der Waals surface area contributed by atoms with Crippen molar-refractivity contribution in [1.82, 2.24) is 0 Å². The van der Waals surface area contributed by atoms with Gasteiger partial charge in [-0.3, -0.25) is 14.4 Å². The number of allylic oxidation sites excluding steroid dienone is 4. The third-order valence-electron chi connectivity index (χ3n) is 16.2. The van der Waals surface area contributed by atoms with E-state index in [-0.39, 0.29) is 31.1 Å². The molecule has 78 heavy (non-hydrogen) atoms. The summed E-state index contributed by atoms with van der Waals surface area (Å²) in [7, 11) is 0. The van der Waals surface area contributed by atoms with Crippen molar-refractivity contribution in [2.45, 2.75) is 406 Å². The fourth-order valence-electron chi connectivity index (χ4n) is 10.9. The molecule has 6 nitrogen and oxygen atoms in total. The molecule has 1 unspecified atom stereocenters. The van der Waals surface area contributed by atoms with Gasteiger partial charge in [0.15, 0.2) is 6.10 Å². The number of hydrogen-bond acceptors (Lipinski definition) is 6. The molecule has 0 radical (unpaired) electrons. The molecular weight excluding hydrogens is 961 g/mol. The zero-order valence-electron chi connectivity index (χ0n) is 53.0. The van der Waals surface area contributed by atoms with E-state index < -0.39 is 6.10 Å². The topological polar surface area (TPSA) is 78.9 Å². The molecule has 0 amide bonds. The van der Waals surface area contributed by atoms with Gasteiger partial charge in [-0.15, -0.1) is 0 Å². The molecule has 0 heterocycles. The summed E-state index contributed by atoms with van der Waals surface area (Å²) in [5.74, 6) is -0.855. The highest BCUT2D eigenvalue weighted by Crippen LogP contribution is 2.19. The first kappa shape index (κ1) is 75.9. The van der Waals surface area contributed by atoms with Crippen LogP contribution in [0.15, 0.2) is 24.3 Å². The lowest BCUT2D eigenvalue weighted by Crippen LogP contribution is -2.30. The van der Waals surface area contributed by atoms with Crippen molar-refractivity contribution in [3.05, 3.63) is 24.3 Å². The lowest BCUT2D eigenvalue weighted by molar-refractivity contribution is -0.167. The van der Waals surface area contributed by atoms with Crippen LogP contribution in [-0.4, -0.2) is 37.2 Å². The van der Waals surface area contributed by atoms with Gasteiger partial charge in [-0.2, -0.15) is 0 Å². The van der Waals surface area contributed by atoms with Crippen LogP contribution in [0.5, 0.6) is 0 Å². The molecule has 1 atom stereocenters. The number of carbonyl (C=O) groups is 3. The first-order chi connectivity index (χ1) is 38.5. The summed E-state index contributed by atoms with van der Waals surface area (Å²) in [4.78, 5) is 38.0. The van der Waals surface area contributed by atoms with Crippen LogP contribution in [0.2, 0.25) is 0 Å². The predicted molar refractivity (Wildman–Crippen MR) is 340 cm³/mol. The monoisotopic (exact) mass is 1100 g/mol. The van der Waals surface area contributed by atoms with Gasteiger partial charge in [0.2, 0.25) is 0 Å². The lowest BCUT2D eigenvalue weighted by Gasteiger charge is -2.18. The Morgan fingerprint density at radius 3 is 0.705 bits per heavy atom. The van der Waals surface area contributed by atoms with E-state index in [0.29, 0.717) is 19.3 Å². The van der Waals surface area contributed by atoms with E-state index in [1.165, 1.54) is 289 Å². The van der Waals surface area contributed by atoms with E-state index in [2.05, 4.69) is 45.1 Å². The van der Waals surface area contributed by atoms with Gasteiger partial charge in [-0.25, -0.2) is 0 Å². The molecule has 0 saturated carbocycles. The molecule has 0 aromatic heterocycles. The van der Waals surface area contributed by atoms with Crippen LogP contribution >= 0.6 is 0 Å². The van der Waals surface area contributed by atoms with Gasteiger partial charge in [-0.1, -0.05) is 353 Å². The third-order valence-corrected chi connectivity index (χ3v) is 16.2. The molecule has 0 N–H and O–H groups in total. The maximum Gasteiger partial charge on any atom is 0.306 e. The van der Waals surface area contributed by atoms with E-state index in [1.54, 1.807) is 0 Å². The second-order valence-electron chi connectivity index (χ2n) is 24.2. The summed E-state index contributed by atoms with van der Waals surface area (Å²) in [6, 6.07) is 0. The quantitative estimate of drug-likeness (QED) is 0.0261. The normalized spacial score (nSPS) is 12.1. The molecule has 0 spiro atoms. The molecule has 0 aliphatic heterocycles. The Balaban J connectivity index is 3.91. The summed E-state index contributed by atoms with van der Waals surface area (Å²) in [6.07, 6.45) is 82.7. The van der Waals surface area contributed by atoms with Crippen LogP contribution in [0.25, 0.3) is 0 Å². The molecule has 0 rings (SSSR count). The lowest BCUT2D eigenvalue weighted by atomic mass is 10.0. The van der Waals surface area contributed by atoms with Crippen LogP contribution in [0.4, 0.5) is 0 Å². The minimum atomic E-state index is -0.766. The Hall–Kier alpha value is -2.11. The van der Waals surface area contributed by atoms with E-state index in [9.17, 15) is 14.4 Å². The van der Waals surface area contributed by atoms with E-state index >= 15 is 0 Å². The van der Waals surface area contributed by atoms with Crippen molar-refractivity contribution in [3.63, 3.8) is 0 Å². The minimum absolute atomic E-state index is 0.0663. The smallest absolute Gasteiger partial charge is 0.306 e. The number of carbonyl (C=O) groups excluding carboxylic acids is 3. The highest BCUT2D eigenvalue weighted by atomic mass is 16.6. The summed E-state index contributed by atoms with van der Waals surface area (Å²) < 4.78 is 16.8. The molecule has 460 valence electrons. The maximum absolute atomic E-state index is 12.9. The minimum Gasteiger partial charge on any atom is -0.462 e. The Bertz CT molecular complexity index is 1260. The molecule has 0 saturated heterocycles. The van der Waals surface area contributed by atoms with Crippen LogP contribution in [0.3, 0.4) is 0 Å². The zero-order valence-corrected chi connectivity index (χ0v) is 53.0. The second kappa shape index (κ2) is 67.4. The molecule has 0 fully saturated rings. The maximum atomic E-state index is 12.9. The Labute approximate surface area is 487 Å². The fraction of sp³-hybridized carbons (Fsp3) is 0.903. The van der Waals surface area contributed by atoms with Crippen molar-refractivity contribution in [3.8, 4) is 0 Å². The van der Waals surface area contributed by atoms with Gasteiger partial charge < -0.3 is 14.2 Å². The van der Waals surface area contributed by atoms with E-state index in [4.69, 9.17) is 14.2 Å². The van der Waals surface area contributed by atoms with Crippen molar-refractivity contribution >= 4 is 17.9 Å². The Morgan fingerprint density at radius 1 is 0.256 bits per heavy atom. The van der Waals surface area contributed by atoms with Gasteiger partial charge in [0.1, 0.15) is 13.2 Å². The van der Waals surface area contributed by atoms with Crippen LogP contribution in [0.1, 0.15) is 400 Å². The zero-order chi connectivity index (χ0) is 56.4. The molecule has 6 heteroatoms. The SMILES string of the molecule is CCCCCCC/C=C\C/C=C\CCCCCCCCCCCCCCCC(=O)OC(COC(=O)CCCCCCC)COC(=O)CCCCCCCCCCCCCCCCCCCCCCCCCCCCCCCC. The summed E-state index contributed by atoms with van der Waals surface area (Å²) >= 11 is 0. The van der Waals surface area contributed by atoms with Crippen molar-refractivity contribution in [2.75, 3.05) is 13.2 Å². The highest BCUT2D eigenvalue weighted by Gasteiger charge is 2.19. The predicted octanol–water partition coefficient (Wildman–Crippen LogP) is 24.2. The number of unbranched alkanes of at least 4 members (excludes halogenated alkanes) is 51. The highest BCUT2D eigenvalue weighted by molar-refractivity contribution is 5.71. The number of hydrogen-bond donors (Lipinski definition) is 0. The third kappa shape index (κ3) is 64.7. The molecule has 0 aromatic rings.